The lowest BCUT2D eigenvalue weighted by molar-refractivity contribution is -0.120. The average molecular weight is 331 g/mol. The number of ether oxygens (including phenoxy) is 1. The summed E-state index contributed by atoms with van der Waals surface area (Å²) < 4.78 is 8.37. The van der Waals surface area contributed by atoms with Crippen molar-refractivity contribution in [2.24, 2.45) is 7.05 Å². The molecule has 4 rings (SSSR count). The van der Waals surface area contributed by atoms with Crippen LogP contribution in [0.15, 0.2) is 18.3 Å². The highest BCUT2D eigenvalue weighted by atomic mass is 16.5. The maximum absolute atomic E-state index is 12.3. The van der Waals surface area contributed by atoms with Crippen LogP contribution in [-0.4, -0.2) is 52.8 Å². The molecule has 5 heteroatoms. The molecule has 0 unspecified atom stereocenters. The molecule has 3 heterocycles. The monoisotopic (exact) mass is 331 g/mol. The lowest BCUT2D eigenvalue weighted by Crippen LogP contribution is -2.48. The van der Waals surface area contributed by atoms with E-state index in [4.69, 9.17) is 4.74 Å². The Labute approximate surface area is 144 Å². The number of aryl methyl sites for hydroxylation is 1. The summed E-state index contributed by atoms with van der Waals surface area (Å²) in [6, 6.07) is 4.56. The highest BCUT2D eigenvalue weighted by molar-refractivity contribution is 5.92. The number of hydrogen-bond acceptors (Lipinski definition) is 3. The number of nitrogens with zero attached hydrogens (tertiary/aromatic N) is 2. The highest BCUT2D eigenvalue weighted by Crippen LogP contribution is 2.39. The predicted octanol–water partition coefficient (Wildman–Crippen LogP) is 2.32. The smallest absolute Gasteiger partial charge is 0.267 e. The van der Waals surface area contributed by atoms with E-state index in [0.717, 1.165) is 25.4 Å². The Balaban J connectivity index is 1.30. The largest absolute Gasteiger partial charge is 0.369 e. The van der Waals surface area contributed by atoms with Crippen molar-refractivity contribution in [1.29, 1.82) is 0 Å². The van der Waals surface area contributed by atoms with Gasteiger partial charge in [0.05, 0.1) is 11.7 Å². The van der Waals surface area contributed by atoms with Gasteiger partial charge in [0.1, 0.15) is 5.69 Å². The number of aromatic nitrogens is 1. The molecule has 1 aliphatic carbocycles. The molecule has 3 aliphatic rings. The predicted molar refractivity (Wildman–Crippen MR) is 93.0 cm³/mol. The molecule has 1 aromatic heterocycles. The van der Waals surface area contributed by atoms with Gasteiger partial charge >= 0.3 is 0 Å². The molecule has 1 spiro atoms. The van der Waals surface area contributed by atoms with Crippen molar-refractivity contribution in [3.8, 4) is 0 Å². The number of likely N-dealkylation sites (tertiary alicyclic amines) is 1. The van der Waals surface area contributed by atoms with Gasteiger partial charge in [-0.15, -0.1) is 0 Å². The SMILES string of the molecule is Cn1cccc1C(=O)NC[C@H]1CCC[C@]2(CCN(C3CCC3)C2)O1. The number of hydrogen-bond donors (Lipinski definition) is 1. The van der Waals surface area contributed by atoms with Crippen molar-refractivity contribution in [2.75, 3.05) is 19.6 Å². The van der Waals surface area contributed by atoms with Crippen molar-refractivity contribution in [2.45, 2.75) is 62.7 Å². The minimum absolute atomic E-state index is 0.00626. The molecular formula is C19H29N3O2. The van der Waals surface area contributed by atoms with E-state index >= 15 is 0 Å². The maximum atomic E-state index is 12.3. The number of carbonyl (C=O) groups excluding carboxylic acids is 1. The summed E-state index contributed by atoms with van der Waals surface area (Å²) in [6.07, 6.45) is 10.8. The Morgan fingerprint density at radius 3 is 2.92 bits per heavy atom. The van der Waals surface area contributed by atoms with Crippen molar-refractivity contribution in [1.82, 2.24) is 14.8 Å². The van der Waals surface area contributed by atoms with Gasteiger partial charge in [-0.2, -0.15) is 0 Å². The summed E-state index contributed by atoms with van der Waals surface area (Å²) >= 11 is 0. The molecular weight excluding hydrogens is 302 g/mol. The van der Waals surface area contributed by atoms with Gasteiger partial charge in [-0.3, -0.25) is 9.69 Å². The second-order valence-electron chi connectivity index (χ2n) is 7.83. The number of amides is 1. The van der Waals surface area contributed by atoms with E-state index < -0.39 is 0 Å². The van der Waals surface area contributed by atoms with Crippen LogP contribution >= 0.6 is 0 Å². The Morgan fingerprint density at radius 1 is 1.33 bits per heavy atom. The van der Waals surface area contributed by atoms with Gasteiger partial charge in [0.2, 0.25) is 0 Å². The second-order valence-corrected chi connectivity index (χ2v) is 7.83. The first-order chi connectivity index (χ1) is 11.7. The Bertz CT molecular complexity index is 595. The molecule has 3 fully saturated rings. The molecule has 5 nitrogen and oxygen atoms in total. The van der Waals surface area contributed by atoms with Gasteiger partial charge in [0.25, 0.3) is 5.91 Å². The van der Waals surface area contributed by atoms with Gasteiger partial charge in [0.15, 0.2) is 0 Å². The minimum Gasteiger partial charge on any atom is -0.369 e. The van der Waals surface area contributed by atoms with Gasteiger partial charge in [0, 0.05) is 38.9 Å². The normalized spacial score (nSPS) is 31.3. The van der Waals surface area contributed by atoms with Crippen LogP contribution in [0.4, 0.5) is 0 Å². The standard InChI is InChI=1S/C19H29N3O2/c1-21-11-4-8-17(21)18(23)20-13-16-7-3-9-19(24-16)10-12-22(14-19)15-5-2-6-15/h4,8,11,15-16H,2-3,5-7,9-10,12-14H2,1H3,(H,20,23)/t16-,19-/m1/s1. The summed E-state index contributed by atoms with van der Waals surface area (Å²) in [7, 11) is 1.90. The van der Waals surface area contributed by atoms with Crippen LogP contribution in [0.2, 0.25) is 0 Å². The zero-order valence-electron chi connectivity index (χ0n) is 14.7. The first-order valence-corrected chi connectivity index (χ1v) is 9.47. The fourth-order valence-electron chi connectivity index (χ4n) is 4.50. The van der Waals surface area contributed by atoms with E-state index in [9.17, 15) is 4.79 Å². The Morgan fingerprint density at radius 2 is 2.21 bits per heavy atom. The van der Waals surface area contributed by atoms with Crippen LogP contribution in [0.3, 0.4) is 0 Å². The quantitative estimate of drug-likeness (QED) is 0.921. The lowest BCUT2D eigenvalue weighted by Gasteiger charge is -2.41. The van der Waals surface area contributed by atoms with E-state index in [1.807, 2.05) is 29.9 Å². The third-order valence-electron chi connectivity index (χ3n) is 6.18. The van der Waals surface area contributed by atoms with Gasteiger partial charge < -0.3 is 14.6 Å². The molecule has 1 saturated carbocycles. The van der Waals surface area contributed by atoms with E-state index in [1.165, 1.54) is 38.6 Å². The van der Waals surface area contributed by atoms with Gasteiger partial charge in [-0.25, -0.2) is 0 Å². The molecule has 0 radical (unpaired) electrons. The van der Waals surface area contributed by atoms with Gasteiger partial charge in [-0.1, -0.05) is 6.42 Å². The van der Waals surface area contributed by atoms with Crippen LogP contribution < -0.4 is 5.32 Å². The van der Waals surface area contributed by atoms with Crippen LogP contribution in [-0.2, 0) is 11.8 Å². The lowest BCUT2D eigenvalue weighted by atomic mass is 9.89. The number of nitrogens with one attached hydrogen (secondary N) is 1. The summed E-state index contributed by atoms with van der Waals surface area (Å²) in [5, 5.41) is 3.06. The molecule has 2 aliphatic heterocycles. The van der Waals surface area contributed by atoms with Crippen molar-refractivity contribution >= 4 is 5.91 Å². The molecule has 1 N–H and O–H groups in total. The van der Waals surface area contributed by atoms with Gasteiger partial charge in [-0.05, 0) is 50.7 Å². The summed E-state index contributed by atoms with van der Waals surface area (Å²) in [6.45, 7) is 2.90. The molecule has 2 atom stereocenters. The molecule has 0 aromatic carbocycles. The fourth-order valence-corrected chi connectivity index (χ4v) is 4.50. The third-order valence-corrected chi connectivity index (χ3v) is 6.18. The van der Waals surface area contributed by atoms with Crippen LogP contribution in [0.5, 0.6) is 0 Å². The summed E-state index contributed by atoms with van der Waals surface area (Å²) in [5.74, 6) is -0.00626. The zero-order valence-corrected chi connectivity index (χ0v) is 14.7. The molecule has 0 bridgehead atoms. The van der Waals surface area contributed by atoms with E-state index in [-0.39, 0.29) is 17.6 Å². The Kier molecular flexibility index (Phi) is 4.39. The molecule has 132 valence electrons. The maximum Gasteiger partial charge on any atom is 0.267 e. The Hall–Kier alpha value is -1.33. The number of rotatable bonds is 4. The van der Waals surface area contributed by atoms with Crippen molar-refractivity contribution in [3.05, 3.63) is 24.0 Å². The van der Waals surface area contributed by atoms with E-state index in [0.29, 0.717) is 12.2 Å². The molecule has 1 aromatic rings. The highest BCUT2D eigenvalue weighted by Gasteiger charge is 2.45. The van der Waals surface area contributed by atoms with Crippen molar-refractivity contribution in [3.63, 3.8) is 0 Å². The molecule has 1 amide bonds. The van der Waals surface area contributed by atoms with Crippen LogP contribution in [0, 0.1) is 0 Å². The van der Waals surface area contributed by atoms with E-state index in [2.05, 4.69) is 10.2 Å². The minimum atomic E-state index is -0.00626. The average Bonchev–Trinajstić information content (AvgIpc) is 3.11. The first-order valence-electron chi connectivity index (χ1n) is 9.47. The topological polar surface area (TPSA) is 46.5 Å². The first kappa shape index (κ1) is 16.2. The molecule has 2 saturated heterocycles. The number of carbonyl (C=O) groups is 1. The third kappa shape index (κ3) is 3.11. The van der Waals surface area contributed by atoms with Crippen LogP contribution in [0.25, 0.3) is 0 Å². The van der Waals surface area contributed by atoms with Crippen LogP contribution in [0.1, 0.15) is 55.4 Å². The summed E-state index contributed by atoms with van der Waals surface area (Å²) in [5.41, 5.74) is 0.756. The zero-order chi connectivity index (χ0) is 16.6. The summed E-state index contributed by atoms with van der Waals surface area (Å²) in [4.78, 5) is 14.9. The fraction of sp³-hybridized carbons (Fsp3) is 0.737. The van der Waals surface area contributed by atoms with Crippen molar-refractivity contribution < 1.29 is 9.53 Å². The molecule has 24 heavy (non-hydrogen) atoms. The second kappa shape index (κ2) is 6.52. The van der Waals surface area contributed by atoms with E-state index in [1.54, 1.807) is 0 Å².